The molecule has 0 spiro atoms. The van der Waals surface area contributed by atoms with Gasteiger partial charge in [0.1, 0.15) is 0 Å². The molecule has 0 saturated carbocycles. The summed E-state index contributed by atoms with van der Waals surface area (Å²) in [4.78, 5) is 2.26. The molecular weight excluding hydrogens is 327 g/mol. The van der Waals surface area contributed by atoms with E-state index in [9.17, 15) is 0 Å². The fraction of sp³-hybridized carbons (Fsp3) is 0. The van der Waals surface area contributed by atoms with E-state index in [1.807, 2.05) is 0 Å². The van der Waals surface area contributed by atoms with Crippen molar-refractivity contribution in [2.75, 3.05) is 0 Å². The van der Waals surface area contributed by atoms with Crippen LogP contribution in [0.25, 0.3) is 6.08 Å². The molecule has 0 aliphatic heterocycles. The predicted octanol–water partition coefficient (Wildman–Crippen LogP) is 3.45. The van der Waals surface area contributed by atoms with Crippen molar-refractivity contribution in [3.8, 4) is 0 Å². The van der Waals surface area contributed by atoms with Gasteiger partial charge < -0.3 is 0 Å². The molecule has 2 heteroatoms. The van der Waals surface area contributed by atoms with E-state index in [0.29, 0.717) is 15.0 Å². The molecule has 80 valence electrons. The van der Waals surface area contributed by atoms with Crippen molar-refractivity contribution in [1.29, 1.82) is 0 Å². The molecule has 0 fully saturated rings. The van der Waals surface area contributed by atoms with E-state index < -0.39 is 0 Å². The molecule has 0 heterocycles. The molecule has 0 aliphatic rings. The maximum absolute atomic E-state index is 3.43. The Morgan fingerprint density at radius 3 is 2.25 bits per heavy atom. The van der Waals surface area contributed by atoms with Gasteiger partial charge in [0.05, 0.1) is 0 Å². The number of benzene rings is 2. The van der Waals surface area contributed by atoms with Crippen molar-refractivity contribution in [3.05, 3.63) is 69.6 Å². The fourth-order valence-corrected chi connectivity index (χ4v) is 2.99. The van der Waals surface area contributed by atoms with Gasteiger partial charge in [-0.2, -0.15) is 0 Å². The SMILES string of the molecule is Brc1ccc(/C=C\[Se]c2ccccc2)cc1. The van der Waals surface area contributed by atoms with E-state index in [4.69, 9.17) is 0 Å². The van der Waals surface area contributed by atoms with Crippen molar-refractivity contribution >= 4 is 41.4 Å². The predicted molar refractivity (Wildman–Crippen MR) is 75.0 cm³/mol. The third-order valence-corrected chi connectivity index (χ3v) is 4.32. The van der Waals surface area contributed by atoms with E-state index >= 15 is 0 Å². The summed E-state index contributed by atoms with van der Waals surface area (Å²) < 4.78 is 2.53. The third-order valence-electron chi connectivity index (χ3n) is 2.08. The van der Waals surface area contributed by atoms with Crippen LogP contribution >= 0.6 is 15.9 Å². The zero-order valence-corrected chi connectivity index (χ0v) is 11.9. The quantitative estimate of drug-likeness (QED) is 0.752. The molecule has 0 amide bonds. The molecule has 0 atom stereocenters. The molecule has 0 aliphatic carbocycles. The number of hydrogen-bond acceptors (Lipinski definition) is 0. The van der Waals surface area contributed by atoms with E-state index in [1.165, 1.54) is 10.0 Å². The van der Waals surface area contributed by atoms with E-state index in [1.54, 1.807) is 0 Å². The topological polar surface area (TPSA) is 0 Å². The Balaban J connectivity index is 1.98. The molecule has 2 aromatic carbocycles. The van der Waals surface area contributed by atoms with Gasteiger partial charge in [-0.15, -0.1) is 0 Å². The van der Waals surface area contributed by atoms with Crippen LogP contribution in [0.2, 0.25) is 0 Å². The van der Waals surface area contributed by atoms with Gasteiger partial charge in [0.2, 0.25) is 0 Å². The Hall–Kier alpha value is -0.821. The van der Waals surface area contributed by atoms with Gasteiger partial charge in [0.15, 0.2) is 0 Å². The average Bonchev–Trinajstić information content (AvgIpc) is 2.33. The van der Waals surface area contributed by atoms with Crippen LogP contribution in [0.4, 0.5) is 0 Å². The minimum atomic E-state index is 0.425. The first kappa shape index (κ1) is 11.7. The van der Waals surface area contributed by atoms with Crippen molar-refractivity contribution in [1.82, 2.24) is 0 Å². The molecule has 2 rings (SSSR count). The van der Waals surface area contributed by atoms with Crippen LogP contribution in [0.15, 0.2) is 64.0 Å². The Bertz CT molecular complexity index is 460. The summed E-state index contributed by atoms with van der Waals surface area (Å²) in [5, 5.41) is 0. The van der Waals surface area contributed by atoms with Crippen molar-refractivity contribution in [2.24, 2.45) is 0 Å². The Labute approximate surface area is 111 Å². The number of halogens is 1. The van der Waals surface area contributed by atoms with Gasteiger partial charge in [-0.3, -0.25) is 0 Å². The summed E-state index contributed by atoms with van der Waals surface area (Å²) >= 11 is 3.86. The van der Waals surface area contributed by atoms with Gasteiger partial charge in [0, 0.05) is 0 Å². The van der Waals surface area contributed by atoms with Crippen molar-refractivity contribution in [3.63, 3.8) is 0 Å². The molecule has 0 saturated heterocycles. The number of rotatable bonds is 3. The summed E-state index contributed by atoms with van der Waals surface area (Å²) in [6, 6.07) is 18.9. The molecular formula is C14H11BrSe. The summed E-state index contributed by atoms with van der Waals surface area (Å²) in [7, 11) is 0. The van der Waals surface area contributed by atoms with E-state index in [-0.39, 0.29) is 0 Å². The molecule has 0 N–H and O–H groups in total. The average molecular weight is 338 g/mol. The van der Waals surface area contributed by atoms with Gasteiger partial charge in [-0.25, -0.2) is 0 Å². The van der Waals surface area contributed by atoms with Crippen LogP contribution in [0.3, 0.4) is 0 Å². The molecule has 16 heavy (non-hydrogen) atoms. The second-order valence-electron chi connectivity index (χ2n) is 3.29. The zero-order chi connectivity index (χ0) is 11.2. The molecule has 0 radical (unpaired) electrons. The van der Waals surface area contributed by atoms with Crippen LogP contribution < -0.4 is 4.46 Å². The van der Waals surface area contributed by atoms with Gasteiger partial charge in [-0.1, -0.05) is 0 Å². The molecule has 0 aromatic heterocycles. The normalized spacial score (nSPS) is 10.8. The van der Waals surface area contributed by atoms with Crippen LogP contribution in [0.1, 0.15) is 5.56 Å². The molecule has 0 unspecified atom stereocenters. The van der Waals surface area contributed by atoms with Gasteiger partial charge in [-0.05, 0) is 0 Å². The molecule has 0 nitrogen and oxygen atoms in total. The van der Waals surface area contributed by atoms with Gasteiger partial charge >= 0.3 is 111 Å². The first-order valence-electron chi connectivity index (χ1n) is 4.98. The fourth-order valence-electron chi connectivity index (χ4n) is 1.26. The minimum absolute atomic E-state index is 0.425. The van der Waals surface area contributed by atoms with Crippen molar-refractivity contribution in [2.45, 2.75) is 0 Å². The van der Waals surface area contributed by atoms with E-state index in [2.05, 4.69) is 81.6 Å². The van der Waals surface area contributed by atoms with Crippen LogP contribution in [0.5, 0.6) is 0 Å². The summed E-state index contributed by atoms with van der Waals surface area (Å²) in [6.07, 6.45) is 2.18. The van der Waals surface area contributed by atoms with Crippen LogP contribution in [0, 0.1) is 0 Å². The Kier molecular flexibility index (Phi) is 4.41. The number of hydrogen-bond donors (Lipinski definition) is 0. The summed E-state index contributed by atoms with van der Waals surface area (Å²) in [5.41, 5.74) is 1.25. The van der Waals surface area contributed by atoms with Crippen LogP contribution in [-0.4, -0.2) is 15.0 Å². The maximum atomic E-state index is 3.43. The second kappa shape index (κ2) is 6.05. The Morgan fingerprint density at radius 2 is 1.56 bits per heavy atom. The first-order chi connectivity index (χ1) is 7.84. The van der Waals surface area contributed by atoms with Gasteiger partial charge in [0.25, 0.3) is 0 Å². The molecule has 0 bridgehead atoms. The first-order valence-corrected chi connectivity index (χ1v) is 7.62. The second-order valence-corrected chi connectivity index (χ2v) is 6.26. The standard InChI is InChI=1S/C14H11BrSe/c15-13-8-6-12(7-9-13)10-11-16-14-4-2-1-3-5-14/h1-11H/b11-10-. The monoisotopic (exact) mass is 338 g/mol. The van der Waals surface area contributed by atoms with Crippen LogP contribution in [-0.2, 0) is 0 Å². The summed E-state index contributed by atoms with van der Waals surface area (Å²) in [6.45, 7) is 0. The summed E-state index contributed by atoms with van der Waals surface area (Å²) in [5.74, 6) is 0. The van der Waals surface area contributed by atoms with Crippen molar-refractivity contribution < 1.29 is 0 Å². The molecule has 2 aromatic rings. The Morgan fingerprint density at radius 1 is 0.875 bits per heavy atom. The van der Waals surface area contributed by atoms with E-state index in [0.717, 1.165) is 4.47 Å². The third kappa shape index (κ3) is 3.64. The zero-order valence-electron chi connectivity index (χ0n) is 8.64.